The Morgan fingerprint density at radius 1 is 0.406 bits per heavy atom. The zero-order valence-corrected chi connectivity index (χ0v) is 17.6. The minimum absolute atomic E-state index is 1.09. The monoisotopic (exact) mass is 410 g/mol. The maximum absolute atomic E-state index is 3.44. The average molecular weight is 411 g/mol. The summed E-state index contributed by atoms with van der Waals surface area (Å²) in [4.78, 5) is 0. The number of nitrogens with one attached hydrogen (secondary N) is 1. The number of benzene rings is 5. The van der Waals surface area contributed by atoms with E-state index in [4.69, 9.17) is 0 Å². The number of aromatic nitrogens is 1. The molecule has 2 heteroatoms. The molecule has 1 aromatic heterocycles. The second-order valence-corrected chi connectivity index (χ2v) is 7.98. The molecule has 0 saturated heterocycles. The van der Waals surface area contributed by atoms with E-state index < -0.39 is 0 Å². The molecule has 2 nitrogen and oxygen atoms in total. The van der Waals surface area contributed by atoms with Gasteiger partial charge >= 0.3 is 0 Å². The summed E-state index contributed by atoms with van der Waals surface area (Å²) < 4.78 is 2.35. The van der Waals surface area contributed by atoms with Crippen molar-refractivity contribution in [3.63, 3.8) is 0 Å². The van der Waals surface area contributed by atoms with E-state index in [2.05, 4.69) is 119 Å². The highest BCUT2D eigenvalue weighted by atomic mass is 15.0. The van der Waals surface area contributed by atoms with Crippen LogP contribution in [0.3, 0.4) is 0 Å². The van der Waals surface area contributed by atoms with Crippen molar-refractivity contribution < 1.29 is 0 Å². The molecule has 6 aromatic rings. The number of hydrogen-bond donors (Lipinski definition) is 1. The summed E-state index contributed by atoms with van der Waals surface area (Å²) in [6, 6.07) is 44.9. The fraction of sp³-hybridized carbons (Fsp3) is 0. The van der Waals surface area contributed by atoms with Gasteiger partial charge in [-0.15, -0.1) is 0 Å². The van der Waals surface area contributed by atoms with Crippen LogP contribution < -0.4 is 5.32 Å². The van der Waals surface area contributed by atoms with Gasteiger partial charge in [-0.1, -0.05) is 78.9 Å². The molecule has 0 radical (unpaired) electrons. The molecule has 1 heterocycles. The lowest BCUT2D eigenvalue weighted by Crippen LogP contribution is -1.93. The molecule has 0 aliphatic heterocycles. The van der Waals surface area contributed by atoms with Crippen LogP contribution in [0.15, 0.2) is 127 Å². The molecule has 0 amide bonds. The van der Waals surface area contributed by atoms with Gasteiger partial charge in [0.1, 0.15) is 0 Å². The van der Waals surface area contributed by atoms with Crippen molar-refractivity contribution in [2.24, 2.45) is 0 Å². The Labute approximate surface area is 187 Å². The minimum Gasteiger partial charge on any atom is -0.356 e. The summed E-state index contributed by atoms with van der Waals surface area (Å²) in [5.74, 6) is 0. The highest BCUT2D eigenvalue weighted by Gasteiger charge is 2.11. The van der Waals surface area contributed by atoms with Crippen molar-refractivity contribution in [2.75, 3.05) is 5.32 Å². The van der Waals surface area contributed by atoms with Crippen molar-refractivity contribution in [2.45, 2.75) is 0 Å². The maximum Gasteiger partial charge on any atom is 0.0541 e. The lowest BCUT2D eigenvalue weighted by atomic mass is 10.0. The van der Waals surface area contributed by atoms with Crippen LogP contribution in [0.25, 0.3) is 38.6 Å². The van der Waals surface area contributed by atoms with E-state index in [1.165, 1.54) is 38.6 Å². The van der Waals surface area contributed by atoms with Gasteiger partial charge in [0.15, 0.2) is 0 Å². The van der Waals surface area contributed by atoms with E-state index in [0.717, 1.165) is 11.4 Å². The fourth-order valence-electron chi connectivity index (χ4n) is 4.44. The Balaban J connectivity index is 1.34. The lowest BCUT2D eigenvalue weighted by Gasteiger charge is -2.10. The first-order chi connectivity index (χ1) is 15.9. The molecule has 6 rings (SSSR count). The Kier molecular flexibility index (Phi) is 4.47. The average Bonchev–Trinajstić information content (AvgIpc) is 3.20. The molecule has 32 heavy (non-hydrogen) atoms. The first kappa shape index (κ1) is 18.5. The normalized spacial score (nSPS) is 11.1. The number of rotatable bonds is 4. The van der Waals surface area contributed by atoms with Gasteiger partial charge in [-0.3, -0.25) is 0 Å². The van der Waals surface area contributed by atoms with Crippen LogP contribution in [-0.4, -0.2) is 4.57 Å². The van der Waals surface area contributed by atoms with Gasteiger partial charge in [0.05, 0.1) is 11.0 Å². The topological polar surface area (TPSA) is 17.0 Å². The quantitative estimate of drug-likeness (QED) is 0.310. The third-order valence-electron chi connectivity index (χ3n) is 5.99. The van der Waals surface area contributed by atoms with E-state index in [1.807, 2.05) is 18.2 Å². The van der Waals surface area contributed by atoms with Crippen molar-refractivity contribution >= 4 is 33.2 Å². The van der Waals surface area contributed by atoms with Gasteiger partial charge in [0.25, 0.3) is 0 Å². The molecule has 0 unspecified atom stereocenters. The lowest BCUT2D eigenvalue weighted by molar-refractivity contribution is 1.18. The molecule has 0 aliphatic rings. The summed E-state index contributed by atoms with van der Waals surface area (Å²) in [5.41, 5.74) is 8.24. The van der Waals surface area contributed by atoms with Crippen LogP contribution in [-0.2, 0) is 0 Å². The Morgan fingerprint density at radius 3 is 1.47 bits per heavy atom. The fourth-order valence-corrected chi connectivity index (χ4v) is 4.44. The Bertz CT molecular complexity index is 1460. The predicted molar refractivity (Wildman–Crippen MR) is 136 cm³/mol. The first-order valence-electron chi connectivity index (χ1n) is 10.9. The second-order valence-electron chi connectivity index (χ2n) is 7.98. The Morgan fingerprint density at radius 2 is 0.875 bits per heavy atom. The maximum atomic E-state index is 3.44. The van der Waals surface area contributed by atoms with Crippen LogP contribution in [0.4, 0.5) is 11.4 Å². The minimum atomic E-state index is 1.09. The van der Waals surface area contributed by atoms with Crippen molar-refractivity contribution in [3.8, 4) is 16.8 Å². The summed E-state index contributed by atoms with van der Waals surface area (Å²) in [5, 5.41) is 6.01. The van der Waals surface area contributed by atoms with Gasteiger partial charge in [-0.25, -0.2) is 0 Å². The van der Waals surface area contributed by atoms with Gasteiger partial charge in [-0.05, 0) is 59.7 Å². The van der Waals surface area contributed by atoms with Crippen LogP contribution in [0.2, 0.25) is 0 Å². The zero-order valence-electron chi connectivity index (χ0n) is 17.6. The zero-order chi connectivity index (χ0) is 21.3. The van der Waals surface area contributed by atoms with Crippen molar-refractivity contribution in [1.29, 1.82) is 0 Å². The predicted octanol–water partition coefficient (Wildman–Crippen LogP) is 8.19. The first-order valence-corrected chi connectivity index (χ1v) is 10.9. The molecule has 0 aliphatic carbocycles. The van der Waals surface area contributed by atoms with Crippen LogP contribution in [0.5, 0.6) is 0 Å². The number of nitrogens with zero attached hydrogens (tertiary/aromatic N) is 1. The largest absolute Gasteiger partial charge is 0.356 e. The molecular weight excluding hydrogens is 388 g/mol. The third kappa shape index (κ3) is 3.23. The number of hydrogen-bond acceptors (Lipinski definition) is 1. The molecule has 5 aromatic carbocycles. The summed E-state index contributed by atoms with van der Waals surface area (Å²) in [7, 11) is 0. The van der Waals surface area contributed by atoms with E-state index in [1.54, 1.807) is 0 Å². The summed E-state index contributed by atoms with van der Waals surface area (Å²) in [6.45, 7) is 0. The molecular formula is C30H22N2. The third-order valence-corrected chi connectivity index (χ3v) is 5.99. The van der Waals surface area contributed by atoms with Gasteiger partial charge < -0.3 is 9.88 Å². The molecule has 0 fully saturated rings. The molecule has 0 bridgehead atoms. The van der Waals surface area contributed by atoms with Gasteiger partial charge in [0.2, 0.25) is 0 Å². The molecule has 0 spiro atoms. The summed E-state index contributed by atoms with van der Waals surface area (Å²) >= 11 is 0. The van der Waals surface area contributed by atoms with Gasteiger partial charge in [0, 0.05) is 27.8 Å². The van der Waals surface area contributed by atoms with Crippen LogP contribution in [0.1, 0.15) is 0 Å². The van der Waals surface area contributed by atoms with Crippen LogP contribution >= 0.6 is 0 Å². The van der Waals surface area contributed by atoms with Crippen LogP contribution in [0, 0.1) is 0 Å². The number of anilines is 2. The SMILES string of the molecule is c1ccc(Nc2ccc(-c3ccc(-n4c5ccccc5c5ccccc54)cc3)cc2)cc1. The van der Waals surface area contributed by atoms with Crippen molar-refractivity contribution in [1.82, 2.24) is 4.57 Å². The van der Waals surface area contributed by atoms with E-state index in [9.17, 15) is 0 Å². The van der Waals surface area contributed by atoms with Crippen molar-refractivity contribution in [3.05, 3.63) is 127 Å². The molecule has 0 saturated carbocycles. The second kappa shape index (κ2) is 7.75. The molecule has 152 valence electrons. The van der Waals surface area contributed by atoms with E-state index >= 15 is 0 Å². The van der Waals surface area contributed by atoms with Gasteiger partial charge in [-0.2, -0.15) is 0 Å². The number of para-hydroxylation sites is 3. The number of fused-ring (bicyclic) bond motifs is 3. The standard InChI is InChI=1S/C30H22N2/c1-2-8-24(9-3-1)31-25-18-14-22(15-19-25)23-16-20-26(21-17-23)32-29-12-6-4-10-27(29)28-11-5-7-13-30(28)32/h1-21,31H. The van der Waals surface area contributed by atoms with E-state index in [-0.39, 0.29) is 0 Å². The summed E-state index contributed by atoms with van der Waals surface area (Å²) in [6.07, 6.45) is 0. The molecule has 1 N–H and O–H groups in total. The molecule has 0 atom stereocenters. The Hall–Kier alpha value is -4.30. The smallest absolute Gasteiger partial charge is 0.0541 e. The highest BCUT2D eigenvalue weighted by molar-refractivity contribution is 6.09. The van der Waals surface area contributed by atoms with E-state index in [0.29, 0.717) is 0 Å². The highest BCUT2D eigenvalue weighted by Crippen LogP contribution is 2.32.